The Hall–Kier alpha value is -3.00. The zero-order chi connectivity index (χ0) is 16.9. The Morgan fingerprint density at radius 2 is 1.83 bits per heavy atom. The lowest BCUT2D eigenvalue weighted by Gasteiger charge is -2.22. The summed E-state index contributed by atoms with van der Waals surface area (Å²) in [6.45, 7) is 1.59. The van der Waals surface area contributed by atoms with E-state index >= 15 is 0 Å². The number of hydrogen-bond acceptors (Lipinski definition) is 4. The van der Waals surface area contributed by atoms with Gasteiger partial charge in [-0.2, -0.15) is 5.26 Å². The highest BCUT2D eigenvalue weighted by Gasteiger charge is 2.35. The van der Waals surface area contributed by atoms with Gasteiger partial charge in [0, 0.05) is 6.07 Å². The molecule has 0 radical (unpaired) electrons. The molecule has 0 aliphatic carbocycles. The summed E-state index contributed by atoms with van der Waals surface area (Å²) in [7, 11) is 3.06. The standard InChI is InChI=1S/C18H18N2O3/c1-18(12-19,13-7-5-4-6-8-13)17(21)20-15-10-9-14(22-2)11-16(15)23-3/h4-11H,1-3H3,(H,20,21)/t18-/m1/s1. The monoisotopic (exact) mass is 310 g/mol. The topological polar surface area (TPSA) is 71.3 Å². The van der Waals surface area contributed by atoms with E-state index in [0.717, 1.165) is 0 Å². The Labute approximate surface area is 135 Å². The lowest BCUT2D eigenvalue weighted by atomic mass is 9.83. The van der Waals surface area contributed by atoms with E-state index in [4.69, 9.17) is 9.47 Å². The van der Waals surface area contributed by atoms with Gasteiger partial charge in [0.1, 0.15) is 11.5 Å². The van der Waals surface area contributed by atoms with Crippen LogP contribution in [0.3, 0.4) is 0 Å². The van der Waals surface area contributed by atoms with E-state index in [2.05, 4.69) is 11.4 Å². The van der Waals surface area contributed by atoms with E-state index in [-0.39, 0.29) is 0 Å². The Morgan fingerprint density at radius 1 is 1.13 bits per heavy atom. The molecule has 0 bridgehead atoms. The summed E-state index contributed by atoms with van der Waals surface area (Å²) in [5.41, 5.74) is -0.185. The van der Waals surface area contributed by atoms with Gasteiger partial charge in [-0.25, -0.2) is 0 Å². The Kier molecular flexibility index (Phi) is 4.87. The fraction of sp³-hybridized carbons (Fsp3) is 0.222. The van der Waals surface area contributed by atoms with Gasteiger partial charge < -0.3 is 14.8 Å². The van der Waals surface area contributed by atoms with Gasteiger partial charge in [0.2, 0.25) is 5.91 Å². The maximum absolute atomic E-state index is 12.7. The number of ether oxygens (including phenoxy) is 2. The predicted octanol–water partition coefficient (Wildman–Crippen LogP) is 3.12. The summed E-state index contributed by atoms with van der Waals surface area (Å²) < 4.78 is 10.4. The van der Waals surface area contributed by atoms with E-state index in [1.54, 1.807) is 56.5 Å². The quantitative estimate of drug-likeness (QED) is 0.921. The molecule has 1 N–H and O–H groups in total. The summed E-state index contributed by atoms with van der Waals surface area (Å²) in [4.78, 5) is 12.7. The van der Waals surface area contributed by atoms with Gasteiger partial charge in [0.25, 0.3) is 0 Å². The molecule has 2 rings (SSSR count). The summed E-state index contributed by atoms with van der Waals surface area (Å²) in [6.07, 6.45) is 0. The highest BCUT2D eigenvalue weighted by molar-refractivity contribution is 6.02. The van der Waals surface area contributed by atoms with Crippen LogP contribution in [-0.4, -0.2) is 20.1 Å². The van der Waals surface area contributed by atoms with E-state index in [0.29, 0.717) is 22.7 Å². The van der Waals surface area contributed by atoms with Gasteiger partial charge in [-0.15, -0.1) is 0 Å². The van der Waals surface area contributed by atoms with Crippen molar-refractivity contribution in [2.45, 2.75) is 12.3 Å². The fourth-order valence-electron chi connectivity index (χ4n) is 2.17. The molecule has 0 heterocycles. The van der Waals surface area contributed by atoms with Crippen molar-refractivity contribution in [3.8, 4) is 17.6 Å². The minimum Gasteiger partial charge on any atom is -0.497 e. The SMILES string of the molecule is COc1ccc(NC(=O)[C@](C)(C#N)c2ccccc2)c(OC)c1. The van der Waals surface area contributed by atoms with Gasteiger partial charge in [-0.3, -0.25) is 4.79 Å². The molecule has 0 aromatic heterocycles. The molecule has 0 unspecified atom stereocenters. The lowest BCUT2D eigenvalue weighted by Crippen LogP contribution is -2.36. The molecule has 2 aromatic rings. The van der Waals surface area contributed by atoms with Gasteiger partial charge in [-0.05, 0) is 24.6 Å². The number of methoxy groups -OCH3 is 2. The molecule has 118 valence electrons. The van der Waals surface area contributed by atoms with Crippen LogP contribution in [0.4, 0.5) is 5.69 Å². The van der Waals surface area contributed by atoms with Crippen molar-refractivity contribution in [3.63, 3.8) is 0 Å². The fourth-order valence-corrected chi connectivity index (χ4v) is 2.17. The van der Waals surface area contributed by atoms with Crippen molar-refractivity contribution >= 4 is 11.6 Å². The third kappa shape index (κ3) is 3.27. The minimum atomic E-state index is -1.30. The highest BCUT2D eigenvalue weighted by atomic mass is 16.5. The Balaban J connectivity index is 2.33. The number of benzene rings is 2. The summed E-state index contributed by atoms with van der Waals surface area (Å²) in [5, 5.41) is 12.3. The van der Waals surface area contributed by atoms with Gasteiger partial charge in [0.05, 0.1) is 26.0 Å². The van der Waals surface area contributed by atoms with Crippen LogP contribution in [-0.2, 0) is 10.2 Å². The van der Waals surface area contributed by atoms with E-state index in [1.807, 2.05) is 6.07 Å². The number of carbonyl (C=O) groups excluding carboxylic acids is 1. The number of rotatable bonds is 5. The second-order valence-electron chi connectivity index (χ2n) is 5.12. The largest absolute Gasteiger partial charge is 0.497 e. The van der Waals surface area contributed by atoms with E-state index < -0.39 is 11.3 Å². The first kappa shape index (κ1) is 16.4. The van der Waals surface area contributed by atoms with Crippen LogP contribution < -0.4 is 14.8 Å². The van der Waals surface area contributed by atoms with Crippen molar-refractivity contribution in [2.75, 3.05) is 19.5 Å². The lowest BCUT2D eigenvalue weighted by molar-refractivity contribution is -0.119. The minimum absolute atomic E-state index is 0.422. The maximum Gasteiger partial charge on any atom is 0.249 e. The summed E-state index contributed by atoms with van der Waals surface area (Å²) >= 11 is 0. The molecule has 5 nitrogen and oxygen atoms in total. The molecule has 5 heteroatoms. The number of nitrogens with zero attached hydrogens (tertiary/aromatic N) is 1. The summed E-state index contributed by atoms with van der Waals surface area (Å²) in [5.74, 6) is 0.659. The molecule has 0 saturated carbocycles. The van der Waals surface area contributed by atoms with Crippen LogP contribution in [0.5, 0.6) is 11.5 Å². The Bertz CT molecular complexity index is 738. The van der Waals surface area contributed by atoms with E-state index in [9.17, 15) is 10.1 Å². The number of anilines is 1. The molecule has 0 aliphatic rings. The van der Waals surface area contributed by atoms with Crippen LogP contribution >= 0.6 is 0 Å². The highest BCUT2D eigenvalue weighted by Crippen LogP contribution is 2.31. The van der Waals surface area contributed by atoms with Crippen molar-refractivity contribution in [2.24, 2.45) is 0 Å². The molecule has 0 fully saturated rings. The van der Waals surface area contributed by atoms with E-state index in [1.165, 1.54) is 7.11 Å². The molecular formula is C18H18N2O3. The number of hydrogen-bond donors (Lipinski definition) is 1. The molecule has 0 saturated heterocycles. The van der Waals surface area contributed by atoms with Gasteiger partial charge in [-0.1, -0.05) is 30.3 Å². The number of carbonyl (C=O) groups is 1. The van der Waals surface area contributed by atoms with Gasteiger partial charge in [0.15, 0.2) is 5.41 Å². The third-order valence-electron chi connectivity index (χ3n) is 3.69. The van der Waals surface area contributed by atoms with Crippen LogP contribution in [0.1, 0.15) is 12.5 Å². The first-order chi connectivity index (χ1) is 11.0. The number of nitrogens with one attached hydrogen (secondary N) is 1. The van der Waals surface area contributed by atoms with Crippen molar-refractivity contribution in [1.29, 1.82) is 5.26 Å². The molecule has 0 spiro atoms. The molecule has 23 heavy (non-hydrogen) atoms. The molecule has 1 amide bonds. The Morgan fingerprint density at radius 3 is 2.39 bits per heavy atom. The average Bonchev–Trinajstić information content (AvgIpc) is 2.61. The number of nitriles is 1. The van der Waals surface area contributed by atoms with Crippen LogP contribution in [0.2, 0.25) is 0 Å². The van der Waals surface area contributed by atoms with Crippen LogP contribution in [0.15, 0.2) is 48.5 Å². The van der Waals surface area contributed by atoms with Crippen molar-refractivity contribution in [1.82, 2.24) is 0 Å². The second kappa shape index (κ2) is 6.84. The van der Waals surface area contributed by atoms with Crippen molar-refractivity contribution in [3.05, 3.63) is 54.1 Å². The molecule has 0 aliphatic heterocycles. The first-order valence-electron chi connectivity index (χ1n) is 7.05. The average molecular weight is 310 g/mol. The smallest absolute Gasteiger partial charge is 0.249 e. The second-order valence-corrected chi connectivity index (χ2v) is 5.12. The van der Waals surface area contributed by atoms with Crippen molar-refractivity contribution < 1.29 is 14.3 Å². The maximum atomic E-state index is 12.7. The molecule has 1 atom stereocenters. The third-order valence-corrected chi connectivity index (χ3v) is 3.69. The zero-order valence-electron chi connectivity index (χ0n) is 13.3. The molecule has 2 aromatic carbocycles. The zero-order valence-corrected chi connectivity index (χ0v) is 13.3. The predicted molar refractivity (Wildman–Crippen MR) is 87.6 cm³/mol. The molecular weight excluding hydrogens is 292 g/mol. The first-order valence-corrected chi connectivity index (χ1v) is 7.05. The van der Waals surface area contributed by atoms with Crippen LogP contribution in [0.25, 0.3) is 0 Å². The van der Waals surface area contributed by atoms with Gasteiger partial charge >= 0.3 is 0 Å². The van der Waals surface area contributed by atoms with Crippen LogP contribution in [0, 0.1) is 11.3 Å². The normalized spacial score (nSPS) is 12.6. The summed E-state index contributed by atoms with van der Waals surface area (Å²) in [6, 6.07) is 16.1. The number of amides is 1.